The Kier molecular flexibility index (Phi) is 3.43. The fourth-order valence-corrected chi connectivity index (χ4v) is 1.95. The lowest BCUT2D eigenvalue weighted by Crippen LogP contribution is -1.94. The van der Waals surface area contributed by atoms with Gasteiger partial charge in [0.15, 0.2) is 6.29 Å². The molecule has 2 rings (SSSR count). The summed E-state index contributed by atoms with van der Waals surface area (Å²) >= 11 is 3.46. The molecule has 3 nitrogen and oxygen atoms in total. The van der Waals surface area contributed by atoms with E-state index in [1.807, 2.05) is 32.0 Å². The molecule has 0 bridgehead atoms. The van der Waals surface area contributed by atoms with E-state index in [4.69, 9.17) is 0 Å². The van der Waals surface area contributed by atoms with E-state index in [-0.39, 0.29) is 0 Å². The van der Waals surface area contributed by atoms with Gasteiger partial charge in [0, 0.05) is 22.8 Å². The lowest BCUT2D eigenvalue weighted by Gasteiger charge is -2.02. The zero-order valence-electron chi connectivity index (χ0n) is 9.77. The highest BCUT2D eigenvalue weighted by molar-refractivity contribution is 9.10. The summed E-state index contributed by atoms with van der Waals surface area (Å²) in [6.45, 7) is 4.78. The van der Waals surface area contributed by atoms with Crippen molar-refractivity contribution in [2.24, 2.45) is 0 Å². The van der Waals surface area contributed by atoms with E-state index in [0.29, 0.717) is 5.56 Å². The minimum Gasteiger partial charge on any atom is -0.298 e. The molecule has 0 unspecified atom stereocenters. The summed E-state index contributed by atoms with van der Waals surface area (Å²) in [5.74, 6) is 0. The number of hydrogen-bond acceptors (Lipinski definition) is 2. The van der Waals surface area contributed by atoms with Gasteiger partial charge in [-0.3, -0.25) is 9.48 Å². The topological polar surface area (TPSA) is 34.9 Å². The van der Waals surface area contributed by atoms with Crippen molar-refractivity contribution in [2.45, 2.75) is 20.4 Å². The van der Waals surface area contributed by atoms with Gasteiger partial charge < -0.3 is 0 Å². The molecule has 0 spiro atoms. The van der Waals surface area contributed by atoms with Crippen LogP contribution >= 0.6 is 15.9 Å². The summed E-state index contributed by atoms with van der Waals surface area (Å²) < 4.78 is 2.83. The van der Waals surface area contributed by atoms with Crippen LogP contribution in [0.15, 0.2) is 28.9 Å². The van der Waals surface area contributed by atoms with Crippen LogP contribution in [0, 0.1) is 6.92 Å². The van der Waals surface area contributed by atoms with Crippen LogP contribution in [0.3, 0.4) is 0 Å². The molecule has 2 aromatic rings. The third kappa shape index (κ3) is 2.31. The number of rotatable bonds is 3. The minimum absolute atomic E-state index is 0.633. The predicted molar refractivity (Wildman–Crippen MR) is 71.2 cm³/mol. The number of carbonyl (C=O) groups excluding carboxylic acids is 1. The number of halogens is 1. The number of aldehydes is 1. The Morgan fingerprint density at radius 1 is 1.47 bits per heavy atom. The normalized spacial score (nSPS) is 10.5. The first-order valence-corrected chi connectivity index (χ1v) is 6.24. The highest BCUT2D eigenvalue weighted by Crippen LogP contribution is 2.25. The number of carbonyl (C=O) groups is 1. The van der Waals surface area contributed by atoms with Gasteiger partial charge >= 0.3 is 0 Å². The molecular weight excluding hydrogens is 280 g/mol. The van der Waals surface area contributed by atoms with E-state index in [1.54, 1.807) is 10.9 Å². The van der Waals surface area contributed by atoms with Gasteiger partial charge in [0.05, 0.1) is 5.56 Å². The van der Waals surface area contributed by atoms with Crippen LogP contribution in [0.2, 0.25) is 0 Å². The van der Waals surface area contributed by atoms with Crippen molar-refractivity contribution in [3.05, 3.63) is 40.0 Å². The number of nitrogens with zero attached hydrogens (tertiary/aromatic N) is 2. The Morgan fingerprint density at radius 2 is 2.24 bits per heavy atom. The number of hydrogen-bond donors (Lipinski definition) is 0. The van der Waals surface area contributed by atoms with Crippen LogP contribution in [0.4, 0.5) is 0 Å². The van der Waals surface area contributed by atoms with E-state index in [2.05, 4.69) is 21.0 Å². The number of benzene rings is 1. The van der Waals surface area contributed by atoms with Crippen molar-refractivity contribution in [2.75, 3.05) is 0 Å². The van der Waals surface area contributed by atoms with Crippen molar-refractivity contribution in [3.63, 3.8) is 0 Å². The lowest BCUT2D eigenvalue weighted by atomic mass is 10.1. The van der Waals surface area contributed by atoms with Crippen LogP contribution in [0.25, 0.3) is 11.3 Å². The number of aryl methyl sites for hydroxylation is 2. The molecule has 0 aliphatic rings. The molecule has 0 aliphatic carbocycles. The highest BCUT2D eigenvalue weighted by atomic mass is 79.9. The quantitative estimate of drug-likeness (QED) is 0.812. The fraction of sp³-hybridized carbons (Fsp3) is 0.231. The molecule has 1 aromatic heterocycles. The summed E-state index contributed by atoms with van der Waals surface area (Å²) in [4.78, 5) is 11.0. The molecule has 0 N–H and O–H groups in total. The summed E-state index contributed by atoms with van der Waals surface area (Å²) in [7, 11) is 0. The predicted octanol–water partition coefficient (Wildman–Crippen LogP) is 3.45. The second-order valence-electron chi connectivity index (χ2n) is 3.87. The summed E-state index contributed by atoms with van der Waals surface area (Å²) in [5, 5.41) is 4.41. The molecule has 0 aliphatic heterocycles. The van der Waals surface area contributed by atoms with Gasteiger partial charge in [0.1, 0.15) is 5.69 Å². The maximum atomic E-state index is 11.0. The molecule has 4 heteroatoms. The first-order chi connectivity index (χ1) is 8.15. The maximum absolute atomic E-state index is 11.0. The fourth-order valence-electron chi connectivity index (χ4n) is 1.70. The molecule has 0 atom stereocenters. The number of aromatic nitrogens is 2. The maximum Gasteiger partial charge on any atom is 0.153 e. The summed E-state index contributed by atoms with van der Waals surface area (Å²) in [6.07, 6.45) is 2.63. The van der Waals surface area contributed by atoms with E-state index in [0.717, 1.165) is 34.1 Å². The van der Waals surface area contributed by atoms with E-state index >= 15 is 0 Å². The Bertz CT molecular complexity index is 561. The average molecular weight is 293 g/mol. The van der Waals surface area contributed by atoms with Gasteiger partial charge in [-0.15, -0.1) is 0 Å². The van der Waals surface area contributed by atoms with E-state index in [9.17, 15) is 4.79 Å². The van der Waals surface area contributed by atoms with Crippen LogP contribution in [0.1, 0.15) is 22.8 Å². The minimum atomic E-state index is 0.633. The molecule has 1 aromatic carbocycles. The molecule has 0 amide bonds. The van der Waals surface area contributed by atoms with Crippen molar-refractivity contribution in [1.29, 1.82) is 0 Å². The van der Waals surface area contributed by atoms with Crippen LogP contribution in [-0.4, -0.2) is 16.1 Å². The molecule has 0 fully saturated rings. The summed E-state index contributed by atoms with van der Waals surface area (Å²) in [5.41, 5.74) is 3.48. The molecular formula is C13H13BrN2O. The van der Waals surface area contributed by atoms with Crippen LogP contribution < -0.4 is 0 Å². The van der Waals surface area contributed by atoms with Crippen LogP contribution in [-0.2, 0) is 6.54 Å². The first-order valence-electron chi connectivity index (χ1n) is 5.45. The third-order valence-corrected chi connectivity index (χ3v) is 3.56. The van der Waals surface area contributed by atoms with Crippen LogP contribution in [0.5, 0.6) is 0 Å². The zero-order chi connectivity index (χ0) is 12.4. The molecule has 0 saturated carbocycles. The van der Waals surface area contributed by atoms with Crippen molar-refractivity contribution in [1.82, 2.24) is 9.78 Å². The van der Waals surface area contributed by atoms with Gasteiger partial charge in [-0.25, -0.2) is 0 Å². The molecule has 88 valence electrons. The Morgan fingerprint density at radius 3 is 2.82 bits per heavy atom. The van der Waals surface area contributed by atoms with Gasteiger partial charge in [-0.1, -0.05) is 22.0 Å². The molecule has 0 radical (unpaired) electrons. The van der Waals surface area contributed by atoms with Crippen molar-refractivity contribution < 1.29 is 4.79 Å². The second-order valence-corrected chi connectivity index (χ2v) is 4.72. The van der Waals surface area contributed by atoms with Crippen molar-refractivity contribution >= 4 is 22.2 Å². The zero-order valence-corrected chi connectivity index (χ0v) is 11.4. The van der Waals surface area contributed by atoms with Crippen molar-refractivity contribution in [3.8, 4) is 11.3 Å². The Hall–Kier alpha value is -1.42. The Balaban J connectivity index is 2.54. The lowest BCUT2D eigenvalue weighted by molar-refractivity contribution is 0.112. The monoisotopic (exact) mass is 292 g/mol. The van der Waals surface area contributed by atoms with Gasteiger partial charge in [-0.2, -0.15) is 5.10 Å². The molecule has 17 heavy (non-hydrogen) atoms. The third-order valence-electron chi connectivity index (χ3n) is 2.67. The van der Waals surface area contributed by atoms with Gasteiger partial charge in [0.25, 0.3) is 0 Å². The first kappa shape index (κ1) is 12.0. The highest BCUT2D eigenvalue weighted by Gasteiger charge is 2.10. The van der Waals surface area contributed by atoms with E-state index < -0.39 is 0 Å². The summed E-state index contributed by atoms with van der Waals surface area (Å²) in [6, 6.07) is 5.97. The molecule has 0 saturated heterocycles. The largest absolute Gasteiger partial charge is 0.298 e. The second kappa shape index (κ2) is 4.84. The smallest absolute Gasteiger partial charge is 0.153 e. The van der Waals surface area contributed by atoms with Gasteiger partial charge in [-0.05, 0) is 31.5 Å². The molecule has 1 heterocycles. The average Bonchev–Trinajstić information content (AvgIpc) is 2.76. The van der Waals surface area contributed by atoms with E-state index in [1.165, 1.54) is 0 Å². The Labute approximate surface area is 109 Å². The standard InChI is InChI=1S/C13H13BrN2O/c1-3-16-7-11(8-17)13(15-16)10-4-5-12(14)9(2)6-10/h4-8H,3H2,1-2H3. The van der Waals surface area contributed by atoms with Gasteiger partial charge in [0.2, 0.25) is 0 Å². The SMILES string of the molecule is CCn1cc(C=O)c(-c2ccc(Br)c(C)c2)n1.